The number of rotatable bonds is 8. The van der Waals surface area contributed by atoms with Gasteiger partial charge in [-0.05, 0) is 37.5 Å². The number of carbonyl (C=O) groups is 1. The first-order valence-electron chi connectivity index (χ1n) is 7.00. The molecule has 1 aliphatic rings. The maximum Gasteiger partial charge on any atom is 0.294 e. The number of hydrogen-bond donors (Lipinski definition) is 1. The van der Waals surface area contributed by atoms with Crippen molar-refractivity contribution >= 4 is 5.91 Å². The maximum absolute atomic E-state index is 11.7. The van der Waals surface area contributed by atoms with Crippen LogP contribution in [0.25, 0.3) is 0 Å². The molecule has 1 aromatic carbocycles. The van der Waals surface area contributed by atoms with Gasteiger partial charge in [-0.15, -0.1) is 10.1 Å². The van der Waals surface area contributed by atoms with Crippen molar-refractivity contribution in [3.05, 3.63) is 33.9 Å². The van der Waals surface area contributed by atoms with Crippen LogP contribution in [0.15, 0.2) is 18.2 Å². The van der Waals surface area contributed by atoms with Crippen molar-refractivity contribution in [3.8, 4) is 11.5 Å². The predicted octanol–water partition coefficient (Wildman–Crippen LogP) is 1.45. The first kappa shape index (κ1) is 15.9. The molecule has 0 aliphatic carbocycles. The minimum Gasteiger partial charge on any atom is -0.454 e. The average Bonchev–Trinajstić information content (AvgIpc) is 2.90. The number of carbonyl (C=O) groups excluding carboxylic acids is 1. The Morgan fingerprint density at radius 1 is 1.45 bits per heavy atom. The van der Waals surface area contributed by atoms with Gasteiger partial charge in [-0.3, -0.25) is 4.79 Å². The second-order valence-corrected chi connectivity index (χ2v) is 5.02. The molecule has 0 saturated carbocycles. The van der Waals surface area contributed by atoms with Crippen LogP contribution in [0.1, 0.15) is 25.3 Å². The maximum atomic E-state index is 11.7. The van der Waals surface area contributed by atoms with Crippen LogP contribution in [0.4, 0.5) is 0 Å². The molecular weight excluding hydrogens is 292 g/mol. The molecule has 1 N–H and O–H groups in total. The number of fused-ring (bicyclic) bond motifs is 1. The van der Waals surface area contributed by atoms with Gasteiger partial charge in [0.15, 0.2) is 11.5 Å². The van der Waals surface area contributed by atoms with E-state index >= 15 is 0 Å². The molecular formula is C14H18N2O6. The molecule has 0 radical (unpaired) electrons. The first-order chi connectivity index (χ1) is 10.5. The summed E-state index contributed by atoms with van der Waals surface area (Å²) in [6, 6.07) is 5.63. The summed E-state index contributed by atoms with van der Waals surface area (Å²) in [6.07, 6.45) is 1.16. The van der Waals surface area contributed by atoms with Crippen molar-refractivity contribution < 1.29 is 24.2 Å². The van der Waals surface area contributed by atoms with Gasteiger partial charge in [-0.2, -0.15) is 0 Å². The summed E-state index contributed by atoms with van der Waals surface area (Å²) in [4.78, 5) is 25.8. The van der Waals surface area contributed by atoms with Crippen molar-refractivity contribution in [2.24, 2.45) is 0 Å². The average molecular weight is 310 g/mol. The third-order valence-corrected chi connectivity index (χ3v) is 3.13. The van der Waals surface area contributed by atoms with Crippen LogP contribution in [0.5, 0.6) is 11.5 Å². The summed E-state index contributed by atoms with van der Waals surface area (Å²) < 4.78 is 10.6. The number of nitrogens with zero attached hydrogens (tertiary/aromatic N) is 1. The van der Waals surface area contributed by atoms with Crippen LogP contribution in [0, 0.1) is 10.1 Å². The second-order valence-electron chi connectivity index (χ2n) is 5.02. The highest BCUT2D eigenvalue weighted by Gasteiger charge is 2.15. The molecule has 1 heterocycles. The monoisotopic (exact) mass is 310 g/mol. The van der Waals surface area contributed by atoms with Gasteiger partial charge in [-0.1, -0.05) is 6.07 Å². The van der Waals surface area contributed by atoms with E-state index in [-0.39, 0.29) is 31.8 Å². The Bertz CT molecular complexity index is 548. The van der Waals surface area contributed by atoms with E-state index in [2.05, 4.69) is 10.2 Å². The number of hydrogen-bond acceptors (Lipinski definition) is 6. The zero-order valence-electron chi connectivity index (χ0n) is 12.2. The third-order valence-electron chi connectivity index (χ3n) is 3.13. The number of benzene rings is 1. The number of ether oxygens (including phenoxy) is 2. The minimum atomic E-state index is -0.861. The molecule has 120 valence electrons. The highest BCUT2D eigenvalue weighted by molar-refractivity contribution is 5.76. The third kappa shape index (κ3) is 4.80. The minimum absolute atomic E-state index is 0.0516. The molecule has 2 rings (SSSR count). The Hall–Kier alpha value is -2.51. The van der Waals surface area contributed by atoms with E-state index in [1.807, 2.05) is 25.1 Å². The van der Waals surface area contributed by atoms with Crippen molar-refractivity contribution in [2.45, 2.75) is 32.2 Å². The lowest BCUT2D eigenvalue weighted by molar-refractivity contribution is -0.757. The molecule has 0 fully saturated rings. The summed E-state index contributed by atoms with van der Waals surface area (Å²) in [6.45, 7) is 2.06. The zero-order valence-corrected chi connectivity index (χ0v) is 12.2. The largest absolute Gasteiger partial charge is 0.454 e. The highest BCUT2D eigenvalue weighted by atomic mass is 16.9. The Kier molecular flexibility index (Phi) is 5.40. The van der Waals surface area contributed by atoms with Crippen LogP contribution in [0.3, 0.4) is 0 Å². The van der Waals surface area contributed by atoms with Crippen LogP contribution >= 0.6 is 0 Å². The van der Waals surface area contributed by atoms with Gasteiger partial charge in [0.2, 0.25) is 12.7 Å². The van der Waals surface area contributed by atoms with Gasteiger partial charge in [0.25, 0.3) is 5.09 Å². The Labute approximate surface area is 127 Å². The zero-order chi connectivity index (χ0) is 15.9. The molecule has 8 nitrogen and oxygen atoms in total. The van der Waals surface area contributed by atoms with Crippen molar-refractivity contribution in [2.75, 3.05) is 13.4 Å². The number of amides is 1. The predicted molar refractivity (Wildman–Crippen MR) is 76.1 cm³/mol. The summed E-state index contributed by atoms with van der Waals surface area (Å²) in [5.41, 5.74) is 1.04. The highest BCUT2D eigenvalue weighted by Crippen LogP contribution is 2.32. The lowest BCUT2D eigenvalue weighted by atomic mass is 10.1. The fraction of sp³-hybridized carbons (Fsp3) is 0.500. The van der Waals surface area contributed by atoms with E-state index in [9.17, 15) is 14.9 Å². The van der Waals surface area contributed by atoms with Crippen LogP contribution in [-0.2, 0) is 16.1 Å². The number of nitrogens with one attached hydrogen (secondary N) is 1. The molecule has 0 saturated heterocycles. The summed E-state index contributed by atoms with van der Waals surface area (Å²) in [5.74, 6) is 1.29. The molecule has 1 amide bonds. The van der Waals surface area contributed by atoms with Crippen molar-refractivity contribution in [1.29, 1.82) is 0 Å². The standard InChI is InChI=1S/C14H18N2O6/c1-10(15-14(17)3-2-6-22-16(18)19)7-11-4-5-12-13(8-11)21-9-20-12/h4-5,8,10H,2-3,6-7,9H2,1H3,(H,15,17)/t10-/m1/s1. The second kappa shape index (κ2) is 7.48. The molecule has 1 aliphatic heterocycles. The topological polar surface area (TPSA) is 99.9 Å². The van der Waals surface area contributed by atoms with E-state index in [0.717, 1.165) is 11.3 Å². The van der Waals surface area contributed by atoms with Gasteiger partial charge >= 0.3 is 0 Å². The van der Waals surface area contributed by atoms with Crippen LogP contribution < -0.4 is 14.8 Å². The summed E-state index contributed by atoms with van der Waals surface area (Å²) in [7, 11) is 0. The molecule has 0 spiro atoms. The molecule has 0 unspecified atom stereocenters. The Balaban J connectivity index is 1.72. The van der Waals surface area contributed by atoms with E-state index < -0.39 is 5.09 Å². The van der Waals surface area contributed by atoms with E-state index in [1.54, 1.807) is 0 Å². The SMILES string of the molecule is C[C@H](Cc1ccc2c(c1)OCO2)NC(=O)CCCO[N+](=O)[O-]. The quantitative estimate of drug-likeness (QED) is 0.443. The molecule has 0 bridgehead atoms. The van der Waals surface area contributed by atoms with Crippen LogP contribution in [0.2, 0.25) is 0 Å². The lowest BCUT2D eigenvalue weighted by Crippen LogP contribution is -2.34. The lowest BCUT2D eigenvalue weighted by Gasteiger charge is -2.14. The summed E-state index contributed by atoms with van der Waals surface area (Å²) in [5, 5.41) is 12.0. The van der Waals surface area contributed by atoms with Crippen LogP contribution in [-0.4, -0.2) is 30.4 Å². The van der Waals surface area contributed by atoms with Gasteiger partial charge in [0, 0.05) is 12.5 Å². The smallest absolute Gasteiger partial charge is 0.294 e. The molecule has 1 aromatic rings. The van der Waals surface area contributed by atoms with Gasteiger partial charge in [0.1, 0.15) is 0 Å². The van der Waals surface area contributed by atoms with E-state index in [4.69, 9.17) is 9.47 Å². The Morgan fingerprint density at radius 2 is 2.23 bits per heavy atom. The van der Waals surface area contributed by atoms with E-state index in [1.165, 1.54) is 0 Å². The Morgan fingerprint density at radius 3 is 3.00 bits per heavy atom. The molecule has 8 heteroatoms. The summed E-state index contributed by atoms with van der Waals surface area (Å²) >= 11 is 0. The molecule has 1 atom stereocenters. The fourth-order valence-corrected chi connectivity index (χ4v) is 2.19. The molecule has 22 heavy (non-hydrogen) atoms. The van der Waals surface area contributed by atoms with Gasteiger partial charge in [-0.25, -0.2) is 0 Å². The van der Waals surface area contributed by atoms with Crippen molar-refractivity contribution in [1.82, 2.24) is 5.32 Å². The first-order valence-corrected chi connectivity index (χ1v) is 7.00. The van der Waals surface area contributed by atoms with Crippen molar-refractivity contribution in [3.63, 3.8) is 0 Å². The molecule has 0 aromatic heterocycles. The fourth-order valence-electron chi connectivity index (χ4n) is 2.19. The van der Waals surface area contributed by atoms with Gasteiger partial charge in [0.05, 0.1) is 6.61 Å². The normalized spacial score (nSPS) is 13.5. The van der Waals surface area contributed by atoms with E-state index in [0.29, 0.717) is 18.6 Å². The van der Waals surface area contributed by atoms with Gasteiger partial charge < -0.3 is 19.6 Å².